The molecule has 0 unspecified atom stereocenters. The molecule has 1 aliphatic rings. The van der Waals surface area contributed by atoms with Crippen LogP contribution in [0.25, 0.3) is 11.0 Å². The average molecular weight is 245 g/mol. The monoisotopic (exact) mass is 245 g/mol. The molecule has 0 amide bonds. The maximum Gasteiger partial charge on any atom is 0.206 e. The number of imidazole rings is 1. The maximum absolute atomic E-state index is 9.80. The Kier molecular flexibility index (Phi) is 2.96. The van der Waals surface area contributed by atoms with Gasteiger partial charge in [-0.1, -0.05) is 12.1 Å². The molecule has 4 nitrogen and oxygen atoms in total. The summed E-state index contributed by atoms with van der Waals surface area (Å²) in [5.74, 6) is 0.998. The van der Waals surface area contributed by atoms with Crippen molar-refractivity contribution >= 4 is 17.0 Å². The number of aliphatic hydroxyl groups is 1. The number of aryl methyl sites for hydroxylation is 1. The molecule has 1 saturated heterocycles. The molecule has 1 aromatic heterocycles. The number of para-hydroxylation sites is 2. The fraction of sp³-hybridized carbons (Fsp3) is 0.500. The van der Waals surface area contributed by atoms with Crippen LogP contribution in [0.1, 0.15) is 19.8 Å². The minimum Gasteiger partial charge on any atom is -0.391 e. The van der Waals surface area contributed by atoms with E-state index in [2.05, 4.69) is 22.5 Å². The Labute approximate surface area is 107 Å². The van der Waals surface area contributed by atoms with Gasteiger partial charge in [-0.3, -0.25) is 0 Å². The van der Waals surface area contributed by atoms with Crippen LogP contribution in [0.15, 0.2) is 24.3 Å². The van der Waals surface area contributed by atoms with Gasteiger partial charge in [0.25, 0.3) is 0 Å². The van der Waals surface area contributed by atoms with E-state index in [1.54, 1.807) is 0 Å². The third kappa shape index (κ3) is 1.86. The lowest BCUT2D eigenvalue weighted by Gasteiger charge is -2.31. The van der Waals surface area contributed by atoms with Gasteiger partial charge in [0.1, 0.15) is 0 Å². The van der Waals surface area contributed by atoms with E-state index in [0.717, 1.165) is 37.4 Å². The zero-order valence-corrected chi connectivity index (χ0v) is 10.7. The minimum atomic E-state index is -0.219. The molecule has 3 rings (SSSR count). The van der Waals surface area contributed by atoms with Gasteiger partial charge in [-0.25, -0.2) is 4.98 Å². The highest BCUT2D eigenvalue weighted by Gasteiger charge is 2.22. The molecule has 2 heterocycles. The maximum atomic E-state index is 9.80. The molecule has 1 aromatic carbocycles. The number of benzene rings is 1. The number of β-amino-alcohol motifs (C(OH)–C–C–N with tert-alkyl or cyclic N) is 1. The van der Waals surface area contributed by atoms with Crippen LogP contribution in [0.3, 0.4) is 0 Å². The molecule has 1 N–H and O–H groups in total. The largest absolute Gasteiger partial charge is 0.391 e. The zero-order valence-electron chi connectivity index (χ0n) is 10.7. The van der Waals surface area contributed by atoms with Crippen molar-refractivity contribution in [3.8, 4) is 0 Å². The second kappa shape index (κ2) is 4.61. The summed E-state index contributed by atoms with van der Waals surface area (Å²) >= 11 is 0. The van der Waals surface area contributed by atoms with Gasteiger partial charge in [0.05, 0.1) is 17.1 Å². The smallest absolute Gasteiger partial charge is 0.206 e. The summed E-state index contributed by atoms with van der Waals surface area (Å²) in [6, 6.07) is 8.22. The Bertz CT molecular complexity index is 549. The molecule has 18 heavy (non-hydrogen) atoms. The van der Waals surface area contributed by atoms with Gasteiger partial charge in [-0.2, -0.15) is 0 Å². The summed E-state index contributed by atoms with van der Waals surface area (Å²) in [6.45, 7) is 4.73. The lowest BCUT2D eigenvalue weighted by molar-refractivity contribution is 0.153. The first-order valence-corrected chi connectivity index (χ1v) is 6.68. The van der Waals surface area contributed by atoms with Gasteiger partial charge >= 0.3 is 0 Å². The quantitative estimate of drug-likeness (QED) is 0.880. The molecular weight excluding hydrogens is 226 g/mol. The second-order valence-corrected chi connectivity index (χ2v) is 4.89. The first-order valence-electron chi connectivity index (χ1n) is 6.68. The SMILES string of the molecule is CCn1c(N2CCC[C@@H](O)C2)nc2ccccc21. The van der Waals surface area contributed by atoms with E-state index in [4.69, 9.17) is 4.98 Å². The molecule has 1 atom stereocenters. The Morgan fingerprint density at radius 3 is 3.00 bits per heavy atom. The fourth-order valence-corrected chi connectivity index (χ4v) is 2.75. The number of fused-ring (bicyclic) bond motifs is 1. The first-order chi connectivity index (χ1) is 8.79. The summed E-state index contributed by atoms with van der Waals surface area (Å²) in [5, 5.41) is 9.80. The summed E-state index contributed by atoms with van der Waals surface area (Å²) in [4.78, 5) is 6.93. The average Bonchev–Trinajstić information content (AvgIpc) is 2.77. The lowest BCUT2D eigenvalue weighted by atomic mass is 10.1. The highest BCUT2D eigenvalue weighted by molar-refractivity contribution is 5.78. The number of anilines is 1. The van der Waals surface area contributed by atoms with Gasteiger partial charge < -0.3 is 14.6 Å². The molecule has 96 valence electrons. The highest BCUT2D eigenvalue weighted by Crippen LogP contribution is 2.25. The van der Waals surface area contributed by atoms with Crippen LogP contribution in [0.5, 0.6) is 0 Å². The van der Waals surface area contributed by atoms with E-state index in [-0.39, 0.29) is 6.10 Å². The Morgan fingerprint density at radius 2 is 2.22 bits per heavy atom. The van der Waals surface area contributed by atoms with Crippen LogP contribution in [-0.2, 0) is 6.54 Å². The Balaban J connectivity index is 2.05. The summed E-state index contributed by atoms with van der Waals surface area (Å²) < 4.78 is 2.23. The fourth-order valence-electron chi connectivity index (χ4n) is 2.75. The molecule has 0 spiro atoms. The van der Waals surface area contributed by atoms with Crippen LogP contribution < -0.4 is 4.90 Å². The van der Waals surface area contributed by atoms with E-state index in [1.165, 1.54) is 5.52 Å². The summed E-state index contributed by atoms with van der Waals surface area (Å²) in [6.07, 6.45) is 1.72. The van der Waals surface area contributed by atoms with Crippen molar-refractivity contribution in [2.45, 2.75) is 32.4 Å². The van der Waals surface area contributed by atoms with Crippen LogP contribution in [0.2, 0.25) is 0 Å². The highest BCUT2D eigenvalue weighted by atomic mass is 16.3. The van der Waals surface area contributed by atoms with Crippen molar-refractivity contribution in [3.63, 3.8) is 0 Å². The standard InChI is InChI=1S/C14H19N3O/c1-2-17-13-8-4-3-7-12(13)15-14(17)16-9-5-6-11(18)10-16/h3-4,7-8,11,18H,2,5-6,9-10H2,1H3/t11-/m1/s1. The molecule has 4 heteroatoms. The van der Waals surface area contributed by atoms with Crippen molar-refractivity contribution in [3.05, 3.63) is 24.3 Å². The lowest BCUT2D eigenvalue weighted by Crippen LogP contribution is -2.39. The second-order valence-electron chi connectivity index (χ2n) is 4.89. The van der Waals surface area contributed by atoms with Crippen LogP contribution in [0.4, 0.5) is 5.95 Å². The third-order valence-corrected chi connectivity index (χ3v) is 3.63. The number of hydrogen-bond donors (Lipinski definition) is 1. The van der Waals surface area contributed by atoms with Crippen molar-refractivity contribution < 1.29 is 5.11 Å². The molecule has 1 aliphatic heterocycles. The van der Waals surface area contributed by atoms with Gasteiger partial charge in [0.15, 0.2) is 0 Å². The van der Waals surface area contributed by atoms with Gasteiger partial charge in [0, 0.05) is 19.6 Å². The van der Waals surface area contributed by atoms with Crippen molar-refractivity contribution in [1.29, 1.82) is 0 Å². The molecule has 0 radical (unpaired) electrons. The number of aliphatic hydroxyl groups excluding tert-OH is 1. The van der Waals surface area contributed by atoms with Crippen LogP contribution in [-0.4, -0.2) is 33.9 Å². The predicted molar refractivity (Wildman–Crippen MR) is 72.9 cm³/mol. The van der Waals surface area contributed by atoms with E-state index < -0.39 is 0 Å². The number of piperidine rings is 1. The molecule has 1 fully saturated rings. The Hall–Kier alpha value is -1.55. The van der Waals surface area contributed by atoms with E-state index in [9.17, 15) is 5.11 Å². The minimum absolute atomic E-state index is 0.219. The third-order valence-electron chi connectivity index (χ3n) is 3.63. The number of hydrogen-bond acceptors (Lipinski definition) is 3. The zero-order chi connectivity index (χ0) is 12.5. The van der Waals surface area contributed by atoms with E-state index in [1.807, 2.05) is 18.2 Å². The van der Waals surface area contributed by atoms with Crippen molar-refractivity contribution in [2.24, 2.45) is 0 Å². The number of rotatable bonds is 2. The van der Waals surface area contributed by atoms with Gasteiger partial charge in [-0.05, 0) is 31.9 Å². The molecule has 2 aromatic rings. The normalized spacial score (nSPS) is 20.6. The van der Waals surface area contributed by atoms with Crippen molar-refractivity contribution in [2.75, 3.05) is 18.0 Å². The molecule has 0 bridgehead atoms. The predicted octanol–water partition coefficient (Wildman–Crippen LogP) is 2.02. The summed E-state index contributed by atoms with van der Waals surface area (Å²) in [7, 11) is 0. The van der Waals surface area contributed by atoms with E-state index >= 15 is 0 Å². The van der Waals surface area contributed by atoms with Crippen LogP contribution in [0, 0.1) is 0 Å². The van der Waals surface area contributed by atoms with Gasteiger partial charge in [-0.15, -0.1) is 0 Å². The topological polar surface area (TPSA) is 41.3 Å². The number of nitrogens with zero attached hydrogens (tertiary/aromatic N) is 3. The van der Waals surface area contributed by atoms with Crippen LogP contribution >= 0.6 is 0 Å². The molecule has 0 aliphatic carbocycles. The number of aromatic nitrogens is 2. The van der Waals surface area contributed by atoms with Gasteiger partial charge in [0.2, 0.25) is 5.95 Å². The summed E-state index contributed by atoms with van der Waals surface area (Å²) in [5.41, 5.74) is 2.21. The molecule has 0 saturated carbocycles. The first kappa shape index (κ1) is 11.5. The van der Waals surface area contributed by atoms with Crippen molar-refractivity contribution in [1.82, 2.24) is 9.55 Å². The Morgan fingerprint density at radius 1 is 1.39 bits per heavy atom. The van der Waals surface area contributed by atoms with E-state index in [0.29, 0.717) is 6.54 Å². The molecular formula is C14H19N3O.